The largest absolute Gasteiger partial charge is 0.352 e. The zero-order valence-electron chi connectivity index (χ0n) is 15.2. The molecule has 2 rings (SSSR count). The van der Waals surface area contributed by atoms with Gasteiger partial charge < -0.3 is 10.6 Å². The Labute approximate surface area is 149 Å². The van der Waals surface area contributed by atoms with Crippen molar-refractivity contribution in [3.05, 3.63) is 30.1 Å². The van der Waals surface area contributed by atoms with Crippen molar-refractivity contribution in [3.63, 3.8) is 0 Å². The summed E-state index contributed by atoms with van der Waals surface area (Å²) in [6, 6.07) is 5.95. The molecular formula is C19H28FN3O2. The summed E-state index contributed by atoms with van der Waals surface area (Å²) in [5.41, 5.74) is 0.410. The predicted molar refractivity (Wildman–Crippen MR) is 96.6 cm³/mol. The molecule has 1 fully saturated rings. The number of benzene rings is 1. The van der Waals surface area contributed by atoms with Gasteiger partial charge in [0.15, 0.2) is 0 Å². The van der Waals surface area contributed by atoms with Crippen molar-refractivity contribution in [1.29, 1.82) is 0 Å². The monoisotopic (exact) mass is 349 g/mol. The van der Waals surface area contributed by atoms with Crippen molar-refractivity contribution in [3.8, 4) is 0 Å². The second-order valence-corrected chi connectivity index (χ2v) is 7.17. The number of likely N-dealkylation sites (N-methyl/N-ethyl adjacent to an activating group) is 1. The van der Waals surface area contributed by atoms with E-state index in [1.54, 1.807) is 18.0 Å². The van der Waals surface area contributed by atoms with E-state index in [2.05, 4.69) is 24.5 Å². The first kappa shape index (κ1) is 19.4. The lowest BCUT2D eigenvalue weighted by Crippen LogP contribution is -2.47. The van der Waals surface area contributed by atoms with E-state index in [4.69, 9.17) is 0 Å². The zero-order chi connectivity index (χ0) is 18.4. The summed E-state index contributed by atoms with van der Waals surface area (Å²) in [7, 11) is 1.72. The van der Waals surface area contributed by atoms with E-state index < -0.39 is 5.82 Å². The molecule has 1 aromatic carbocycles. The van der Waals surface area contributed by atoms with Gasteiger partial charge in [-0.25, -0.2) is 4.39 Å². The first-order valence-electron chi connectivity index (χ1n) is 8.88. The van der Waals surface area contributed by atoms with Gasteiger partial charge in [0.1, 0.15) is 5.82 Å². The van der Waals surface area contributed by atoms with Crippen molar-refractivity contribution < 1.29 is 14.0 Å². The number of carbonyl (C=O) groups is 2. The van der Waals surface area contributed by atoms with Crippen LogP contribution in [0, 0.1) is 17.7 Å². The molecule has 1 aromatic rings. The molecule has 0 spiro atoms. The van der Waals surface area contributed by atoms with Gasteiger partial charge in [-0.2, -0.15) is 0 Å². The smallest absolute Gasteiger partial charge is 0.238 e. The summed E-state index contributed by atoms with van der Waals surface area (Å²) in [5, 5.41) is 5.73. The first-order chi connectivity index (χ1) is 11.8. The highest BCUT2D eigenvalue weighted by atomic mass is 19.1. The number of anilines is 1. The normalized spacial score (nSPS) is 23.3. The van der Waals surface area contributed by atoms with Gasteiger partial charge in [-0.15, -0.1) is 0 Å². The Morgan fingerprint density at radius 1 is 1.20 bits per heavy atom. The molecule has 2 N–H and O–H groups in total. The van der Waals surface area contributed by atoms with Gasteiger partial charge in [0, 0.05) is 11.7 Å². The van der Waals surface area contributed by atoms with E-state index in [9.17, 15) is 14.0 Å². The zero-order valence-corrected chi connectivity index (χ0v) is 15.2. The molecule has 0 aromatic heterocycles. The van der Waals surface area contributed by atoms with Crippen molar-refractivity contribution in [2.24, 2.45) is 11.8 Å². The molecule has 2 amide bonds. The van der Waals surface area contributed by atoms with Gasteiger partial charge in [-0.05, 0) is 43.5 Å². The van der Waals surface area contributed by atoms with E-state index >= 15 is 0 Å². The van der Waals surface area contributed by atoms with Crippen molar-refractivity contribution in [2.75, 3.05) is 25.5 Å². The summed E-state index contributed by atoms with van der Waals surface area (Å²) in [5.74, 6) is 0.349. The van der Waals surface area contributed by atoms with Crippen LogP contribution in [0.4, 0.5) is 10.1 Å². The Hall–Kier alpha value is -1.95. The predicted octanol–water partition coefficient (Wildman–Crippen LogP) is 2.64. The first-order valence-corrected chi connectivity index (χ1v) is 8.88. The molecule has 138 valence electrons. The molecule has 1 aliphatic rings. The average Bonchev–Trinajstić information content (AvgIpc) is 2.51. The van der Waals surface area contributed by atoms with E-state index in [0.717, 1.165) is 12.8 Å². The van der Waals surface area contributed by atoms with Crippen LogP contribution in [0.3, 0.4) is 0 Å². The number of rotatable bonds is 6. The summed E-state index contributed by atoms with van der Waals surface area (Å²) >= 11 is 0. The molecule has 3 atom stereocenters. The fraction of sp³-hybridized carbons (Fsp3) is 0.579. The van der Waals surface area contributed by atoms with Gasteiger partial charge >= 0.3 is 0 Å². The molecule has 0 heterocycles. The second-order valence-electron chi connectivity index (χ2n) is 7.17. The van der Waals surface area contributed by atoms with Gasteiger partial charge in [0.05, 0.1) is 13.1 Å². The third-order valence-corrected chi connectivity index (χ3v) is 4.99. The topological polar surface area (TPSA) is 61.4 Å². The third-order valence-electron chi connectivity index (χ3n) is 4.99. The van der Waals surface area contributed by atoms with Gasteiger partial charge in [0.25, 0.3) is 0 Å². The van der Waals surface area contributed by atoms with Crippen LogP contribution < -0.4 is 10.6 Å². The van der Waals surface area contributed by atoms with Crippen LogP contribution >= 0.6 is 0 Å². The molecular weight excluding hydrogens is 321 g/mol. The Balaban J connectivity index is 1.76. The standard InChI is InChI=1S/C19H28FN3O2/c1-13-6-4-9-17(14(13)2)22-19(25)12-23(3)11-18(24)21-16-8-5-7-15(20)10-16/h5,7-8,10,13-14,17H,4,6,9,11-12H2,1-3H3,(H,21,24)(H,22,25)/t13-,14+,17-/m1/s1. The molecule has 0 bridgehead atoms. The lowest BCUT2D eigenvalue weighted by molar-refractivity contribution is -0.124. The molecule has 0 saturated heterocycles. The van der Waals surface area contributed by atoms with E-state index in [0.29, 0.717) is 17.5 Å². The SMILES string of the molecule is C[C@H]1[C@H](C)CCC[C@H]1NC(=O)CN(C)CC(=O)Nc1cccc(F)c1. The van der Waals surface area contributed by atoms with Gasteiger partial charge in [0.2, 0.25) is 11.8 Å². The van der Waals surface area contributed by atoms with Crippen LogP contribution in [-0.2, 0) is 9.59 Å². The van der Waals surface area contributed by atoms with E-state index in [1.807, 2.05) is 0 Å². The van der Waals surface area contributed by atoms with Crippen LogP contribution in [-0.4, -0.2) is 42.9 Å². The number of nitrogens with zero attached hydrogens (tertiary/aromatic N) is 1. The summed E-state index contributed by atoms with van der Waals surface area (Å²) in [6.45, 7) is 4.64. The highest BCUT2D eigenvalue weighted by Gasteiger charge is 2.28. The number of hydrogen-bond acceptors (Lipinski definition) is 3. The number of hydrogen-bond donors (Lipinski definition) is 2. The Bertz CT molecular complexity index is 608. The van der Waals surface area contributed by atoms with Crippen LogP contribution in [0.2, 0.25) is 0 Å². The van der Waals surface area contributed by atoms with Gasteiger partial charge in [-0.3, -0.25) is 14.5 Å². The van der Waals surface area contributed by atoms with Crippen LogP contribution in [0.15, 0.2) is 24.3 Å². The molecule has 6 heteroatoms. The van der Waals surface area contributed by atoms with Crippen molar-refractivity contribution >= 4 is 17.5 Å². The molecule has 1 aliphatic carbocycles. The minimum Gasteiger partial charge on any atom is -0.352 e. The maximum Gasteiger partial charge on any atom is 0.238 e. The summed E-state index contributed by atoms with van der Waals surface area (Å²) < 4.78 is 13.1. The third kappa shape index (κ3) is 6.12. The number of nitrogens with one attached hydrogen (secondary N) is 2. The molecule has 5 nitrogen and oxygen atoms in total. The number of carbonyl (C=O) groups excluding carboxylic acids is 2. The van der Waals surface area contributed by atoms with Crippen LogP contribution in [0.5, 0.6) is 0 Å². The number of amides is 2. The van der Waals surface area contributed by atoms with Crippen LogP contribution in [0.25, 0.3) is 0 Å². The molecule has 0 radical (unpaired) electrons. The number of halogens is 1. The van der Waals surface area contributed by atoms with Crippen LogP contribution in [0.1, 0.15) is 33.1 Å². The maximum atomic E-state index is 13.1. The Kier molecular flexibility index (Phi) is 6.93. The minimum atomic E-state index is -0.402. The molecule has 1 saturated carbocycles. The molecule has 0 unspecified atom stereocenters. The lowest BCUT2D eigenvalue weighted by Gasteiger charge is -2.34. The Morgan fingerprint density at radius 3 is 2.64 bits per heavy atom. The second kappa shape index (κ2) is 8.94. The fourth-order valence-corrected chi connectivity index (χ4v) is 3.35. The van der Waals surface area contributed by atoms with Crippen molar-refractivity contribution in [2.45, 2.75) is 39.2 Å². The molecule has 0 aliphatic heterocycles. The van der Waals surface area contributed by atoms with Crippen molar-refractivity contribution in [1.82, 2.24) is 10.2 Å². The Morgan fingerprint density at radius 2 is 1.92 bits per heavy atom. The lowest BCUT2D eigenvalue weighted by atomic mass is 9.78. The molecule has 25 heavy (non-hydrogen) atoms. The minimum absolute atomic E-state index is 0.0630. The summed E-state index contributed by atoms with van der Waals surface area (Å²) in [4.78, 5) is 25.9. The summed E-state index contributed by atoms with van der Waals surface area (Å²) in [6.07, 6.45) is 3.37. The van der Waals surface area contributed by atoms with E-state index in [1.165, 1.54) is 24.6 Å². The highest BCUT2D eigenvalue weighted by Crippen LogP contribution is 2.29. The quantitative estimate of drug-likeness (QED) is 0.830. The average molecular weight is 349 g/mol. The highest BCUT2D eigenvalue weighted by molar-refractivity contribution is 5.92. The fourth-order valence-electron chi connectivity index (χ4n) is 3.35. The van der Waals surface area contributed by atoms with Gasteiger partial charge in [-0.1, -0.05) is 32.8 Å². The van der Waals surface area contributed by atoms with E-state index in [-0.39, 0.29) is 30.9 Å². The maximum absolute atomic E-state index is 13.1.